The third-order valence-corrected chi connectivity index (χ3v) is 4.94. The van der Waals surface area contributed by atoms with Crippen molar-refractivity contribution in [3.05, 3.63) is 34.6 Å². The summed E-state index contributed by atoms with van der Waals surface area (Å²) in [5.41, 5.74) is 0.864. The maximum absolute atomic E-state index is 13.5. The van der Waals surface area contributed by atoms with Crippen LogP contribution in [0.1, 0.15) is 18.5 Å². The molecule has 1 heterocycles. The first kappa shape index (κ1) is 15.1. The van der Waals surface area contributed by atoms with Gasteiger partial charge in [0, 0.05) is 29.1 Å². The minimum Gasteiger partial charge on any atom is -0.309 e. The zero-order chi connectivity index (χ0) is 13.8. The molecule has 1 aromatic carbocycles. The fraction of sp³-hybridized carbons (Fsp3) is 0.571. The highest BCUT2D eigenvalue weighted by Crippen LogP contribution is 2.31. The molecule has 19 heavy (non-hydrogen) atoms. The van der Waals surface area contributed by atoms with Crippen molar-refractivity contribution in [2.45, 2.75) is 19.0 Å². The number of nitrogens with zero attached hydrogens (tertiary/aromatic N) is 1. The second-order valence-electron chi connectivity index (χ2n) is 4.82. The van der Waals surface area contributed by atoms with Gasteiger partial charge in [-0.25, -0.2) is 4.39 Å². The van der Waals surface area contributed by atoms with Gasteiger partial charge in [0.1, 0.15) is 5.82 Å². The van der Waals surface area contributed by atoms with Gasteiger partial charge in [0.15, 0.2) is 0 Å². The zero-order valence-corrected chi connectivity index (χ0v) is 12.9. The van der Waals surface area contributed by atoms with Crippen molar-refractivity contribution in [2.75, 3.05) is 31.6 Å². The lowest BCUT2D eigenvalue weighted by Crippen LogP contribution is -2.47. The van der Waals surface area contributed by atoms with Crippen LogP contribution >= 0.6 is 23.4 Å². The van der Waals surface area contributed by atoms with Crippen LogP contribution in [0.25, 0.3) is 0 Å². The SMILES string of the molecule is CCNC(c1cc(F)ccc1Cl)C1CSCCN1C. The molecule has 0 saturated carbocycles. The summed E-state index contributed by atoms with van der Waals surface area (Å²) in [6.07, 6.45) is 0. The van der Waals surface area contributed by atoms with Crippen molar-refractivity contribution in [3.8, 4) is 0 Å². The van der Waals surface area contributed by atoms with E-state index in [1.807, 2.05) is 11.8 Å². The van der Waals surface area contributed by atoms with E-state index in [1.54, 1.807) is 12.1 Å². The lowest BCUT2D eigenvalue weighted by atomic mass is 9.98. The van der Waals surface area contributed by atoms with Crippen molar-refractivity contribution in [1.29, 1.82) is 0 Å². The molecule has 1 saturated heterocycles. The van der Waals surface area contributed by atoms with Crippen LogP contribution in [0.3, 0.4) is 0 Å². The molecule has 0 radical (unpaired) electrons. The Bertz CT molecular complexity index is 430. The van der Waals surface area contributed by atoms with Gasteiger partial charge < -0.3 is 5.32 Å². The Morgan fingerprint density at radius 2 is 2.37 bits per heavy atom. The average molecular weight is 303 g/mol. The number of nitrogens with one attached hydrogen (secondary N) is 1. The molecular formula is C14H20ClFN2S. The number of likely N-dealkylation sites (N-methyl/N-ethyl adjacent to an activating group) is 2. The Labute approximate surface area is 123 Å². The van der Waals surface area contributed by atoms with E-state index in [0.29, 0.717) is 11.1 Å². The molecule has 1 N–H and O–H groups in total. The lowest BCUT2D eigenvalue weighted by Gasteiger charge is -2.38. The van der Waals surface area contributed by atoms with Crippen LogP contribution in [-0.2, 0) is 0 Å². The van der Waals surface area contributed by atoms with Gasteiger partial charge >= 0.3 is 0 Å². The molecular weight excluding hydrogens is 283 g/mol. The molecule has 106 valence electrons. The van der Waals surface area contributed by atoms with Crippen LogP contribution in [0.5, 0.6) is 0 Å². The number of benzene rings is 1. The van der Waals surface area contributed by atoms with E-state index >= 15 is 0 Å². The Morgan fingerprint density at radius 1 is 1.58 bits per heavy atom. The van der Waals surface area contributed by atoms with E-state index in [0.717, 1.165) is 30.2 Å². The largest absolute Gasteiger partial charge is 0.309 e. The molecule has 0 bridgehead atoms. The monoisotopic (exact) mass is 302 g/mol. The predicted octanol–water partition coefficient (Wildman–Crippen LogP) is 3.18. The van der Waals surface area contributed by atoms with Crippen LogP contribution in [0.15, 0.2) is 18.2 Å². The smallest absolute Gasteiger partial charge is 0.123 e. The number of halogens is 2. The first-order valence-corrected chi connectivity index (χ1v) is 8.13. The molecule has 2 unspecified atom stereocenters. The van der Waals surface area contributed by atoms with Crippen LogP contribution in [0.2, 0.25) is 5.02 Å². The Hall–Kier alpha value is -0.290. The van der Waals surface area contributed by atoms with E-state index in [1.165, 1.54) is 6.07 Å². The minimum atomic E-state index is -0.228. The molecule has 2 nitrogen and oxygen atoms in total. The van der Waals surface area contributed by atoms with Crippen molar-refractivity contribution in [3.63, 3.8) is 0 Å². The molecule has 1 aromatic rings. The predicted molar refractivity (Wildman–Crippen MR) is 81.6 cm³/mol. The van der Waals surface area contributed by atoms with Crippen LogP contribution in [0, 0.1) is 5.82 Å². The molecule has 1 aliphatic heterocycles. The summed E-state index contributed by atoms with van der Waals surface area (Å²) in [4.78, 5) is 2.34. The lowest BCUT2D eigenvalue weighted by molar-refractivity contribution is 0.217. The van der Waals surface area contributed by atoms with E-state index < -0.39 is 0 Å². The van der Waals surface area contributed by atoms with Crippen molar-refractivity contribution < 1.29 is 4.39 Å². The number of hydrogen-bond acceptors (Lipinski definition) is 3. The highest BCUT2D eigenvalue weighted by Gasteiger charge is 2.30. The number of hydrogen-bond donors (Lipinski definition) is 1. The number of thioether (sulfide) groups is 1. The maximum Gasteiger partial charge on any atom is 0.123 e. The summed E-state index contributed by atoms with van der Waals surface area (Å²) in [6, 6.07) is 5.03. The van der Waals surface area contributed by atoms with Gasteiger partial charge in [-0.05, 0) is 37.4 Å². The van der Waals surface area contributed by atoms with Gasteiger partial charge in [-0.3, -0.25) is 4.90 Å². The summed E-state index contributed by atoms with van der Waals surface area (Å²) in [5, 5.41) is 4.10. The first-order valence-electron chi connectivity index (χ1n) is 6.59. The van der Waals surface area contributed by atoms with Gasteiger partial charge in [-0.1, -0.05) is 18.5 Å². The summed E-state index contributed by atoms with van der Waals surface area (Å²) in [7, 11) is 2.13. The fourth-order valence-corrected chi connectivity index (χ4v) is 3.99. The quantitative estimate of drug-likeness (QED) is 0.919. The molecule has 5 heteroatoms. The van der Waals surface area contributed by atoms with E-state index in [2.05, 4.69) is 24.2 Å². The second-order valence-corrected chi connectivity index (χ2v) is 6.38. The molecule has 2 atom stereocenters. The normalized spacial score (nSPS) is 22.4. The molecule has 1 aliphatic rings. The Balaban J connectivity index is 2.30. The Kier molecular flexibility index (Phi) is 5.51. The van der Waals surface area contributed by atoms with Gasteiger partial charge in [0.05, 0.1) is 6.04 Å². The van der Waals surface area contributed by atoms with Crippen LogP contribution < -0.4 is 5.32 Å². The highest BCUT2D eigenvalue weighted by atomic mass is 35.5. The standard InChI is InChI=1S/C14H20ClFN2S/c1-3-17-14(13-9-19-7-6-18(13)2)11-8-10(16)4-5-12(11)15/h4-5,8,13-14,17H,3,6-7,9H2,1-2H3. The summed E-state index contributed by atoms with van der Waals surface area (Å²) < 4.78 is 13.5. The van der Waals surface area contributed by atoms with Crippen molar-refractivity contribution >= 4 is 23.4 Å². The van der Waals surface area contributed by atoms with E-state index in [4.69, 9.17) is 11.6 Å². The topological polar surface area (TPSA) is 15.3 Å². The third-order valence-electron chi connectivity index (χ3n) is 3.55. The molecule has 0 aromatic heterocycles. The molecule has 2 rings (SSSR count). The van der Waals surface area contributed by atoms with Gasteiger partial charge in [0.2, 0.25) is 0 Å². The molecule has 0 spiro atoms. The number of rotatable bonds is 4. The third kappa shape index (κ3) is 3.63. The minimum absolute atomic E-state index is 0.0750. The van der Waals surface area contributed by atoms with E-state index in [9.17, 15) is 4.39 Å². The zero-order valence-electron chi connectivity index (χ0n) is 11.3. The summed E-state index contributed by atoms with van der Waals surface area (Å²) in [6.45, 7) is 3.97. The molecule has 0 amide bonds. The second kappa shape index (κ2) is 6.93. The van der Waals surface area contributed by atoms with Crippen molar-refractivity contribution in [2.24, 2.45) is 0 Å². The average Bonchev–Trinajstić information content (AvgIpc) is 2.40. The van der Waals surface area contributed by atoms with Gasteiger partial charge in [0.25, 0.3) is 0 Å². The van der Waals surface area contributed by atoms with Gasteiger partial charge in [-0.2, -0.15) is 11.8 Å². The van der Waals surface area contributed by atoms with Crippen LogP contribution in [0.4, 0.5) is 4.39 Å². The first-order chi connectivity index (χ1) is 9.13. The molecule has 1 fully saturated rings. The van der Waals surface area contributed by atoms with Crippen LogP contribution in [-0.4, -0.2) is 42.6 Å². The summed E-state index contributed by atoms with van der Waals surface area (Å²) >= 11 is 8.21. The molecule has 0 aliphatic carbocycles. The summed E-state index contributed by atoms with van der Waals surface area (Å²) in [5.74, 6) is 1.97. The van der Waals surface area contributed by atoms with E-state index in [-0.39, 0.29) is 11.9 Å². The Morgan fingerprint density at radius 3 is 3.05 bits per heavy atom. The van der Waals surface area contributed by atoms with Crippen molar-refractivity contribution in [1.82, 2.24) is 10.2 Å². The fourth-order valence-electron chi connectivity index (χ4n) is 2.48. The highest BCUT2D eigenvalue weighted by molar-refractivity contribution is 7.99. The maximum atomic E-state index is 13.5. The van der Waals surface area contributed by atoms with Gasteiger partial charge in [-0.15, -0.1) is 0 Å².